The van der Waals surface area contributed by atoms with E-state index in [1.165, 1.54) is 31.4 Å². The summed E-state index contributed by atoms with van der Waals surface area (Å²) in [7, 11) is 1.37. The molecule has 2 aromatic heterocycles. The molecule has 0 radical (unpaired) electrons. The Balaban J connectivity index is 2.17. The molecule has 3 rings (SSSR count). The summed E-state index contributed by atoms with van der Waals surface area (Å²) >= 11 is 19.6. The highest BCUT2D eigenvalue weighted by Gasteiger charge is 2.23. The molecule has 3 N–H and O–H groups in total. The first-order valence-electron chi connectivity index (χ1n) is 10.4. The van der Waals surface area contributed by atoms with Crippen molar-refractivity contribution in [2.75, 3.05) is 20.3 Å². The van der Waals surface area contributed by atoms with Crippen molar-refractivity contribution in [3.63, 3.8) is 0 Å². The number of amides is 1. The lowest BCUT2D eigenvalue weighted by molar-refractivity contribution is -0.130. The second-order valence-corrected chi connectivity index (χ2v) is 9.62. The van der Waals surface area contributed by atoms with Crippen LogP contribution in [0.1, 0.15) is 19.5 Å². The van der Waals surface area contributed by atoms with Crippen LogP contribution in [0.5, 0.6) is 11.6 Å². The molecule has 0 saturated heterocycles. The van der Waals surface area contributed by atoms with Crippen LogP contribution in [0.25, 0.3) is 16.6 Å². The number of aliphatic hydroxyl groups is 2. The Hall–Kier alpha value is -2.56. The Morgan fingerprint density at radius 2 is 1.80 bits per heavy atom. The van der Waals surface area contributed by atoms with Crippen LogP contribution in [-0.4, -0.2) is 57.6 Å². The van der Waals surface area contributed by atoms with E-state index >= 15 is 0 Å². The quantitative estimate of drug-likeness (QED) is 0.398. The molecule has 1 atom stereocenters. The molecule has 0 fully saturated rings. The van der Waals surface area contributed by atoms with Crippen LogP contribution in [0.3, 0.4) is 0 Å². The van der Waals surface area contributed by atoms with Crippen molar-refractivity contribution in [2.24, 2.45) is 0 Å². The first-order chi connectivity index (χ1) is 16.3. The summed E-state index contributed by atoms with van der Waals surface area (Å²) in [6.45, 7) is 4.46. The first-order valence-corrected chi connectivity index (χ1v) is 11.6. The monoisotopic (exact) mass is 543 g/mol. The van der Waals surface area contributed by atoms with Gasteiger partial charge in [-0.25, -0.2) is 4.98 Å². The first kappa shape index (κ1) is 27.0. The molecule has 1 unspecified atom stereocenters. The second-order valence-electron chi connectivity index (χ2n) is 8.40. The maximum Gasteiger partial charge on any atom is 0.252 e. The highest BCUT2D eigenvalue weighted by molar-refractivity contribution is 6.39. The predicted molar refractivity (Wildman–Crippen MR) is 134 cm³/mol. The standard InChI is InChI=1S/C23H24Cl3N3O6/c1-11-5-16(30)18-20(15(26)8-28-22(18)34-9-17(31)21(32)27-4)29(11)19-13(24)6-12(7-14(19)25)35-10-23(2,3)33/h5-8,17,31,33H,9-10H2,1-4H3,(H,27,32). The molecule has 1 aromatic carbocycles. The van der Waals surface area contributed by atoms with Gasteiger partial charge in [0.25, 0.3) is 5.91 Å². The number of nitrogens with one attached hydrogen (secondary N) is 1. The minimum atomic E-state index is -1.47. The zero-order valence-electron chi connectivity index (χ0n) is 19.4. The van der Waals surface area contributed by atoms with Crippen molar-refractivity contribution in [1.82, 2.24) is 14.9 Å². The van der Waals surface area contributed by atoms with E-state index in [-0.39, 0.29) is 38.5 Å². The second kappa shape index (κ2) is 10.6. The lowest BCUT2D eigenvalue weighted by atomic mass is 10.1. The largest absolute Gasteiger partial charge is 0.491 e. The molecule has 1 amide bonds. The number of ether oxygens (including phenoxy) is 2. The van der Waals surface area contributed by atoms with Gasteiger partial charge in [-0.05, 0) is 20.8 Å². The zero-order chi connectivity index (χ0) is 26.1. The topological polar surface area (TPSA) is 123 Å². The fourth-order valence-corrected chi connectivity index (χ4v) is 4.17. The van der Waals surface area contributed by atoms with Gasteiger partial charge in [0, 0.05) is 30.9 Å². The van der Waals surface area contributed by atoms with Gasteiger partial charge in [-0.2, -0.15) is 0 Å². The summed E-state index contributed by atoms with van der Waals surface area (Å²) in [6, 6.07) is 4.40. The van der Waals surface area contributed by atoms with Gasteiger partial charge in [0.1, 0.15) is 24.3 Å². The third-order valence-corrected chi connectivity index (χ3v) is 5.72. The van der Waals surface area contributed by atoms with Gasteiger partial charge in [0.15, 0.2) is 11.5 Å². The maximum absolute atomic E-state index is 13.0. The van der Waals surface area contributed by atoms with Crippen molar-refractivity contribution in [1.29, 1.82) is 0 Å². The smallest absolute Gasteiger partial charge is 0.252 e. The SMILES string of the molecule is CNC(=O)C(O)COc1ncc(Cl)c2c1c(=O)cc(C)n2-c1c(Cl)cc(OCC(C)(C)O)cc1Cl. The van der Waals surface area contributed by atoms with Crippen LogP contribution < -0.4 is 20.2 Å². The number of rotatable bonds is 8. The van der Waals surface area contributed by atoms with Crippen LogP contribution in [0.15, 0.2) is 29.2 Å². The minimum absolute atomic E-state index is 0.0130. The van der Waals surface area contributed by atoms with Gasteiger partial charge in [0.2, 0.25) is 5.88 Å². The Morgan fingerprint density at radius 3 is 2.37 bits per heavy atom. The van der Waals surface area contributed by atoms with Gasteiger partial charge in [-0.15, -0.1) is 0 Å². The number of carbonyl (C=O) groups excluding carboxylic acids is 1. The van der Waals surface area contributed by atoms with E-state index in [4.69, 9.17) is 44.3 Å². The molecule has 0 aliphatic heterocycles. The summed E-state index contributed by atoms with van der Waals surface area (Å²) < 4.78 is 12.7. The predicted octanol–water partition coefficient (Wildman–Crippen LogP) is 3.29. The number of nitrogens with zero attached hydrogens (tertiary/aromatic N) is 2. The van der Waals surface area contributed by atoms with Crippen LogP contribution in [0, 0.1) is 6.92 Å². The van der Waals surface area contributed by atoms with Gasteiger partial charge < -0.3 is 29.6 Å². The molecule has 35 heavy (non-hydrogen) atoms. The lowest BCUT2D eigenvalue weighted by Crippen LogP contribution is -2.36. The van der Waals surface area contributed by atoms with Crippen LogP contribution in [0.4, 0.5) is 0 Å². The molecule has 0 aliphatic rings. The Bertz CT molecular complexity index is 1310. The summed E-state index contributed by atoms with van der Waals surface area (Å²) in [5.74, 6) is -0.431. The van der Waals surface area contributed by atoms with Gasteiger partial charge in [0.05, 0.1) is 38.1 Å². The minimum Gasteiger partial charge on any atom is -0.491 e. The van der Waals surface area contributed by atoms with E-state index < -0.39 is 29.6 Å². The Kier molecular flexibility index (Phi) is 8.18. The molecule has 0 saturated carbocycles. The number of carbonyl (C=O) groups is 1. The van der Waals surface area contributed by atoms with E-state index in [1.54, 1.807) is 25.3 Å². The number of halogens is 3. The number of pyridine rings is 2. The molecule has 0 spiro atoms. The highest BCUT2D eigenvalue weighted by Crippen LogP contribution is 2.38. The molecule has 12 heteroatoms. The number of aromatic nitrogens is 2. The van der Waals surface area contributed by atoms with E-state index in [2.05, 4.69) is 10.3 Å². The average molecular weight is 545 g/mol. The van der Waals surface area contributed by atoms with Crippen LogP contribution in [-0.2, 0) is 4.79 Å². The van der Waals surface area contributed by atoms with Crippen LogP contribution in [0.2, 0.25) is 15.1 Å². The van der Waals surface area contributed by atoms with E-state index in [0.717, 1.165) is 0 Å². The van der Waals surface area contributed by atoms with Crippen molar-refractivity contribution in [3.05, 3.63) is 55.4 Å². The molecule has 0 bridgehead atoms. The van der Waals surface area contributed by atoms with Crippen molar-refractivity contribution >= 4 is 51.6 Å². The molecule has 0 aliphatic carbocycles. The number of hydrogen-bond acceptors (Lipinski definition) is 7. The van der Waals surface area contributed by atoms with E-state index in [0.29, 0.717) is 17.1 Å². The molecular formula is C23H24Cl3N3O6. The average Bonchev–Trinajstić information content (AvgIpc) is 2.77. The third-order valence-electron chi connectivity index (χ3n) is 4.87. The number of likely N-dealkylation sites (N-methyl/N-ethyl adjacent to an activating group) is 1. The molecule has 188 valence electrons. The number of fused-ring (bicyclic) bond motifs is 1. The Labute approximate surface area is 216 Å². The highest BCUT2D eigenvalue weighted by atomic mass is 35.5. The molecular weight excluding hydrogens is 521 g/mol. The summed E-state index contributed by atoms with van der Waals surface area (Å²) in [4.78, 5) is 28.6. The fourth-order valence-electron chi connectivity index (χ4n) is 3.30. The van der Waals surface area contributed by atoms with Gasteiger partial charge in [-0.3, -0.25) is 9.59 Å². The molecule has 9 nitrogen and oxygen atoms in total. The number of hydrogen-bond donors (Lipinski definition) is 3. The molecule has 3 aromatic rings. The fraction of sp³-hybridized carbons (Fsp3) is 0.348. The summed E-state index contributed by atoms with van der Waals surface area (Å²) in [5, 5.41) is 22.7. The number of aryl methyl sites for hydroxylation is 1. The third kappa shape index (κ3) is 5.99. The van der Waals surface area contributed by atoms with Crippen molar-refractivity contribution in [2.45, 2.75) is 32.5 Å². The van der Waals surface area contributed by atoms with Crippen LogP contribution >= 0.6 is 34.8 Å². The maximum atomic E-state index is 13.0. The number of benzene rings is 1. The van der Waals surface area contributed by atoms with E-state index in [1.807, 2.05) is 0 Å². The zero-order valence-corrected chi connectivity index (χ0v) is 21.6. The van der Waals surface area contributed by atoms with Crippen molar-refractivity contribution in [3.8, 4) is 17.3 Å². The van der Waals surface area contributed by atoms with Crippen molar-refractivity contribution < 1.29 is 24.5 Å². The normalized spacial score (nSPS) is 12.5. The summed E-state index contributed by atoms with van der Waals surface area (Å²) in [5.41, 5.74) is -0.474. The van der Waals surface area contributed by atoms with Gasteiger partial charge in [-0.1, -0.05) is 34.8 Å². The Morgan fingerprint density at radius 1 is 1.17 bits per heavy atom. The molecule has 2 heterocycles. The van der Waals surface area contributed by atoms with E-state index in [9.17, 15) is 19.8 Å². The number of aliphatic hydroxyl groups excluding tert-OH is 1. The lowest BCUT2D eigenvalue weighted by Gasteiger charge is -2.21. The van der Waals surface area contributed by atoms with Gasteiger partial charge >= 0.3 is 0 Å². The summed E-state index contributed by atoms with van der Waals surface area (Å²) in [6.07, 6.45) is -0.190.